The van der Waals surface area contributed by atoms with Gasteiger partial charge in [-0.15, -0.1) is 0 Å². The Hall–Kier alpha value is -1.77. The van der Waals surface area contributed by atoms with Gasteiger partial charge in [-0.3, -0.25) is 4.79 Å². The van der Waals surface area contributed by atoms with Crippen molar-refractivity contribution in [1.29, 1.82) is 0 Å². The van der Waals surface area contributed by atoms with Gasteiger partial charge in [0, 0.05) is 14.1 Å². The Morgan fingerprint density at radius 2 is 2.06 bits per heavy atom. The van der Waals surface area contributed by atoms with Crippen molar-refractivity contribution >= 4 is 11.4 Å². The first-order chi connectivity index (χ1) is 8.54. The minimum Gasteiger partial charge on any atom is -0.470 e. The van der Waals surface area contributed by atoms with Gasteiger partial charge in [0.25, 0.3) is 0 Å². The number of Topliss-reactive ketones (excluding diaryl/α,β-unsaturated/α-hetero) is 1. The molecule has 1 aromatic rings. The van der Waals surface area contributed by atoms with Crippen molar-refractivity contribution < 1.29 is 9.53 Å². The number of carbonyl (C=O) groups excluding carboxylic acids is 1. The second-order valence-corrected chi connectivity index (χ2v) is 4.78. The van der Waals surface area contributed by atoms with Gasteiger partial charge < -0.3 is 9.64 Å². The first-order valence-corrected chi connectivity index (χ1v) is 6.22. The van der Waals surface area contributed by atoms with Gasteiger partial charge >= 0.3 is 0 Å². The van der Waals surface area contributed by atoms with Crippen molar-refractivity contribution in [1.82, 2.24) is 4.90 Å². The minimum absolute atomic E-state index is 0.0577. The molecule has 1 aliphatic rings. The van der Waals surface area contributed by atoms with Crippen molar-refractivity contribution in [3.8, 4) is 0 Å². The van der Waals surface area contributed by atoms with E-state index in [4.69, 9.17) is 4.74 Å². The third-order valence-corrected chi connectivity index (χ3v) is 3.25. The monoisotopic (exact) mass is 245 g/mol. The predicted octanol–water partition coefficient (Wildman–Crippen LogP) is 2.39. The molecule has 0 fully saturated rings. The first-order valence-electron chi connectivity index (χ1n) is 6.22. The van der Waals surface area contributed by atoms with Crippen LogP contribution in [0.15, 0.2) is 24.1 Å². The van der Waals surface area contributed by atoms with Crippen molar-refractivity contribution in [2.24, 2.45) is 0 Å². The van der Waals surface area contributed by atoms with Crippen LogP contribution in [-0.4, -0.2) is 31.4 Å². The van der Waals surface area contributed by atoms with Gasteiger partial charge in [-0.1, -0.05) is 25.1 Å². The standard InChI is InChI=1S/C15H19NO2/c1-5-11-6-7-12(8-10(11)2)14-13(17)9-18-15(14)16(3)4/h6-8H,5,9H2,1-4H3. The second-order valence-electron chi connectivity index (χ2n) is 4.78. The molecule has 1 aliphatic heterocycles. The van der Waals surface area contributed by atoms with E-state index in [0.717, 1.165) is 12.0 Å². The molecular formula is C15H19NO2. The summed E-state index contributed by atoms with van der Waals surface area (Å²) < 4.78 is 5.45. The highest BCUT2D eigenvalue weighted by Gasteiger charge is 2.27. The zero-order valence-electron chi connectivity index (χ0n) is 11.4. The Bertz CT molecular complexity index is 515. The van der Waals surface area contributed by atoms with Crippen molar-refractivity contribution in [3.05, 3.63) is 40.8 Å². The number of rotatable bonds is 3. The molecule has 0 saturated heterocycles. The number of ether oxygens (including phenoxy) is 1. The summed E-state index contributed by atoms with van der Waals surface area (Å²) in [7, 11) is 3.78. The molecule has 1 aromatic carbocycles. The zero-order valence-corrected chi connectivity index (χ0v) is 11.4. The number of hydrogen-bond acceptors (Lipinski definition) is 3. The molecule has 0 radical (unpaired) electrons. The number of nitrogens with zero attached hydrogens (tertiary/aromatic N) is 1. The van der Waals surface area contributed by atoms with Crippen LogP contribution in [0.25, 0.3) is 5.57 Å². The van der Waals surface area contributed by atoms with Crippen LogP contribution in [-0.2, 0) is 16.0 Å². The highest BCUT2D eigenvalue weighted by molar-refractivity contribution is 6.23. The van der Waals surface area contributed by atoms with Crippen LogP contribution < -0.4 is 0 Å². The van der Waals surface area contributed by atoms with E-state index >= 15 is 0 Å². The lowest BCUT2D eigenvalue weighted by molar-refractivity contribution is -0.115. The maximum atomic E-state index is 11.9. The average Bonchev–Trinajstić information content (AvgIpc) is 2.71. The Morgan fingerprint density at radius 3 is 2.61 bits per heavy atom. The van der Waals surface area contributed by atoms with Gasteiger partial charge in [0.2, 0.25) is 11.7 Å². The fourth-order valence-corrected chi connectivity index (χ4v) is 2.28. The lowest BCUT2D eigenvalue weighted by Crippen LogP contribution is -2.12. The normalized spacial score (nSPS) is 15.0. The fraction of sp³-hybridized carbons (Fsp3) is 0.400. The summed E-state index contributed by atoms with van der Waals surface area (Å²) in [5.74, 6) is 0.728. The molecule has 96 valence electrons. The molecule has 0 unspecified atom stereocenters. The number of aryl methyl sites for hydroxylation is 2. The number of ketones is 1. The van der Waals surface area contributed by atoms with Gasteiger partial charge in [-0.05, 0) is 30.0 Å². The SMILES string of the molecule is CCc1ccc(C2=C(N(C)C)OCC2=O)cc1C. The maximum absolute atomic E-state index is 11.9. The molecule has 0 spiro atoms. The van der Waals surface area contributed by atoms with Crippen LogP contribution in [0.2, 0.25) is 0 Å². The van der Waals surface area contributed by atoms with E-state index in [2.05, 4.69) is 26.0 Å². The summed E-state index contributed by atoms with van der Waals surface area (Å²) in [6.07, 6.45) is 1.01. The van der Waals surface area contributed by atoms with Crippen LogP contribution in [0.5, 0.6) is 0 Å². The summed E-state index contributed by atoms with van der Waals surface area (Å²) in [6, 6.07) is 6.18. The molecule has 0 bridgehead atoms. The van der Waals surface area contributed by atoms with E-state index in [1.54, 1.807) is 0 Å². The Morgan fingerprint density at radius 1 is 1.33 bits per heavy atom. The molecule has 0 aliphatic carbocycles. The van der Waals surface area contributed by atoms with E-state index in [-0.39, 0.29) is 12.4 Å². The summed E-state index contributed by atoms with van der Waals surface area (Å²) in [5, 5.41) is 0. The maximum Gasteiger partial charge on any atom is 0.206 e. The molecule has 0 amide bonds. The van der Waals surface area contributed by atoms with Crippen LogP contribution in [0.1, 0.15) is 23.6 Å². The molecule has 0 N–H and O–H groups in total. The van der Waals surface area contributed by atoms with Crippen LogP contribution >= 0.6 is 0 Å². The van der Waals surface area contributed by atoms with Gasteiger partial charge in [0.15, 0.2) is 6.61 Å². The average molecular weight is 245 g/mol. The number of carbonyl (C=O) groups is 1. The van der Waals surface area contributed by atoms with Gasteiger partial charge in [0.05, 0.1) is 5.57 Å². The van der Waals surface area contributed by atoms with Gasteiger partial charge in [0.1, 0.15) is 0 Å². The van der Waals surface area contributed by atoms with E-state index in [9.17, 15) is 4.79 Å². The zero-order chi connectivity index (χ0) is 13.3. The summed E-state index contributed by atoms with van der Waals surface area (Å²) in [4.78, 5) is 13.8. The molecule has 0 atom stereocenters. The Kier molecular flexibility index (Phi) is 3.41. The summed E-state index contributed by atoms with van der Waals surface area (Å²) in [5.41, 5.74) is 4.19. The molecule has 1 heterocycles. The van der Waals surface area contributed by atoms with Crippen molar-refractivity contribution in [3.63, 3.8) is 0 Å². The van der Waals surface area contributed by atoms with Crippen molar-refractivity contribution in [2.45, 2.75) is 20.3 Å². The van der Waals surface area contributed by atoms with Gasteiger partial charge in [-0.25, -0.2) is 0 Å². The number of benzene rings is 1. The largest absolute Gasteiger partial charge is 0.470 e. The molecule has 0 aromatic heterocycles. The predicted molar refractivity (Wildman–Crippen MR) is 72.1 cm³/mol. The highest BCUT2D eigenvalue weighted by atomic mass is 16.5. The molecular weight excluding hydrogens is 226 g/mol. The van der Waals surface area contributed by atoms with Crippen LogP contribution in [0.4, 0.5) is 0 Å². The molecule has 2 rings (SSSR count). The second kappa shape index (κ2) is 4.84. The minimum atomic E-state index is 0.0577. The Balaban J connectivity index is 2.50. The first kappa shape index (κ1) is 12.7. The lowest BCUT2D eigenvalue weighted by atomic mass is 9.97. The van der Waals surface area contributed by atoms with E-state index in [0.29, 0.717) is 11.5 Å². The van der Waals surface area contributed by atoms with Crippen LogP contribution in [0, 0.1) is 6.92 Å². The molecule has 18 heavy (non-hydrogen) atoms. The van der Waals surface area contributed by atoms with Crippen molar-refractivity contribution in [2.75, 3.05) is 20.7 Å². The molecule has 3 heteroatoms. The van der Waals surface area contributed by atoms with Gasteiger partial charge in [-0.2, -0.15) is 0 Å². The molecule has 0 saturated carbocycles. The topological polar surface area (TPSA) is 29.5 Å². The quantitative estimate of drug-likeness (QED) is 0.819. The van der Waals surface area contributed by atoms with E-state index in [1.165, 1.54) is 11.1 Å². The Labute approximate surface area is 108 Å². The highest BCUT2D eigenvalue weighted by Crippen LogP contribution is 2.28. The third kappa shape index (κ3) is 2.13. The molecule has 3 nitrogen and oxygen atoms in total. The summed E-state index contributed by atoms with van der Waals surface area (Å²) in [6.45, 7) is 4.37. The lowest BCUT2D eigenvalue weighted by Gasteiger charge is -2.15. The van der Waals surface area contributed by atoms with Crippen LogP contribution in [0.3, 0.4) is 0 Å². The number of hydrogen-bond donors (Lipinski definition) is 0. The van der Waals surface area contributed by atoms with E-state index < -0.39 is 0 Å². The summed E-state index contributed by atoms with van der Waals surface area (Å²) >= 11 is 0. The van der Waals surface area contributed by atoms with E-state index in [1.807, 2.05) is 25.1 Å². The third-order valence-electron chi connectivity index (χ3n) is 3.25. The fourth-order valence-electron chi connectivity index (χ4n) is 2.28. The smallest absolute Gasteiger partial charge is 0.206 e.